The number of nitriles is 1. The summed E-state index contributed by atoms with van der Waals surface area (Å²) >= 11 is 0. The third kappa shape index (κ3) is 2.56. The predicted octanol–water partition coefficient (Wildman–Crippen LogP) is 2.53. The van der Waals surface area contributed by atoms with Crippen LogP contribution in [0.2, 0.25) is 0 Å². The zero-order chi connectivity index (χ0) is 13.1. The zero-order valence-electron chi connectivity index (χ0n) is 10.2. The molecule has 1 unspecified atom stereocenters. The van der Waals surface area contributed by atoms with Crippen LogP contribution < -0.4 is 5.32 Å². The summed E-state index contributed by atoms with van der Waals surface area (Å²) in [6.07, 6.45) is 0.432. The molecule has 0 spiro atoms. The number of rotatable bonds is 4. The van der Waals surface area contributed by atoms with Crippen molar-refractivity contribution in [1.29, 1.82) is 5.26 Å². The first kappa shape index (κ1) is 13.0. The third-order valence-corrected chi connectivity index (χ3v) is 2.97. The normalized spacial score (nSPS) is 13.5. The number of nitrogens with one attached hydrogen (secondary N) is 1. The Morgan fingerprint density at radius 3 is 2.71 bits per heavy atom. The molecule has 2 N–H and O–H groups in total. The molecule has 4 nitrogen and oxygen atoms in total. The number of para-hydroxylation sites is 1. The lowest BCUT2D eigenvalue weighted by molar-refractivity contribution is -0.141. The van der Waals surface area contributed by atoms with Gasteiger partial charge in [0.2, 0.25) is 0 Å². The molecule has 0 aromatic heterocycles. The Hall–Kier alpha value is -2.02. The van der Waals surface area contributed by atoms with E-state index in [4.69, 9.17) is 5.26 Å². The van der Waals surface area contributed by atoms with E-state index in [9.17, 15) is 9.90 Å². The van der Waals surface area contributed by atoms with Gasteiger partial charge in [0.1, 0.15) is 11.6 Å². The molecule has 90 valence electrons. The highest BCUT2D eigenvalue weighted by atomic mass is 16.4. The number of benzene rings is 1. The van der Waals surface area contributed by atoms with Crippen LogP contribution in [0.5, 0.6) is 0 Å². The van der Waals surface area contributed by atoms with Crippen molar-refractivity contribution < 1.29 is 9.90 Å². The molecule has 1 aromatic rings. The minimum absolute atomic E-state index is 0.432. The van der Waals surface area contributed by atoms with E-state index in [1.807, 2.05) is 13.0 Å². The van der Waals surface area contributed by atoms with Gasteiger partial charge in [0.15, 0.2) is 0 Å². The molecule has 0 fully saturated rings. The summed E-state index contributed by atoms with van der Waals surface area (Å²) in [7, 11) is 0. The maximum atomic E-state index is 11.2. The molecule has 1 rings (SSSR count). The van der Waals surface area contributed by atoms with Crippen LogP contribution >= 0.6 is 0 Å². The standard InChI is InChI=1S/C13H16N2O2/c1-4-13(3,12(16)17)15-11-9(2)6-5-7-10(11)8-14/h5-7,15H,4H2,1-3H3,(H,16,17). The Morgan fingerprint density at radius 1 is 1.59 bits per heavy atom. The number of carboxylic acids is 1. The van der Waals surface area contributed by atoms with Crippen molar-refractivity contribution >= 4 is 11.7 Å². The minimum Gasteiger partial charge on any atom is -0.480 e. The second-order valence-electron chi connectivity index (χ2n) is 4.23. The third-order valence-electron chi connectivity index (χ3n) is 2.97. The number of hydrogen-bond acceptors (Lipinski definition) is 3. The van der Waals surface area contributed by atoms with E-state index in [1.165, 1.54) is 0 Å². The maximum absolute atomic E-state index is 11.2. The maximum Gasteiger partial charge on any atom is 0.329 e. The molecule has 0 amide bonds. The van der Waals surface area contributed by atoms with Crippen LogP contribution in [0.4, 0.5) is 5.69 Å². The largest absolute Gasteiger partial charge is 0.480 e. The van der Waals surface area contributed by atoms with Crippen LogP contribution in [-0.2, 0) is 4.79 Å². The van der Waals surface area contributed by atoms with Crippen LogP contribution in [-0.4, -0.2) is 16.6 Å². The molecular formula is C13H16N2O2. The van der Waals surface area contributed by atoms with Crippen LogP contribution in [0.25, 0.3) is 0 Å². The Labute approximate surface area is 101 Å². The first-order chi connectivity index (χ1) is 7.94. The average molecular weight is 232 g/mol. The van der Waals surface area contributed by atoms with E-state index in [-0.39, 0.29) is 0 Å². The number of hydrogen-bond donors (Lipinski definition) is 2. The fourth-order valence-electron chi connectivity index (χ4n) is 1.50. The van der Waals surface area contributed by atoms with Gasteiger partial charge in [-0.3, -0.25) is 0 Å². The Balaban J connectivity index is 3.19. The second kappa shape index (κ2) is 4.88. The summed E-state index contributed by atoms with van der Waals surface area (Å²) < 4.78 is 0. The number of nitrogens with zero attached hydrogens (tertiary/aromatic N) is 1. The Bertz CT molecular complexity index is 477. The highest BCUT2D eigenvalue weighted by molar-refractivity contribution is 5.83. The van der Waals surface area contributed by atoms with Crippen LogP contribution in [0.15, 0.2) is 18.2 Å². The lowest BCUT2D eigenvalue weighted by Gasteiger charge is -2.27. The summed E-state index contributed by atoms with van der Waals surface area (Å²) in [4.78, 5) is 11.2. The Morgan fingerprint density at radius 2 is 2.24 bits per heavy atom. The number of aryl methyl sites for hydroxylation is 1. The molecule has 0 aliphatic rings. The van der Waals surface area contributed by atoms with Crippen molar-refractivity contribution in [3.8, 4) is 6.07 Å². The Kier molecular flexibility index (Phi) is 3.74. The fourth-order valence-corrected chi connectivity index (χ4v) is 1.50. The minimum atomic E-state index is -1.06. The molecule has 0 heterocycles. The second-order valence-corrected chi connectivity index (χ2v) is 4.23. The molecule has 0 aliphatic carbocycles. The topological polar surface area (TPSA) is 73.1 Å². The van der Waals surface area contributed by atoms with Crippen LogP contribution in [0.3, 0.4) is 0 Å². The molecule has 17 heavy (non-hydrogen) atoms. The van der Waals surface area contributed by atoms with Gasteiger partial charge in [-0.05, 0) is 31.9 Å². The van der Waals surface area contributed by atoms with E-state index in [1.54, 1.807) is 26.0 Å². The van der Waals surface area contributed by atoms with E-state index in [0.29, 0.717) is 17.7 Å². The van der Waals surface area contributed by atoms with Gasteiger partial charge in [-0.15, -0.1) is 0 Å². The lowest BCUT2D eigenvalue weighted by atomic mass is 9.97. The van der Waals surface area contributed by atoms with E-state index >= 15 is 0 Å². The molecule has 0 aliphatic heterocycles. The van der Waals surface area contributed by atoms with Gasteiger partial charge in [-0.25, -0.2) is 4.79 Å². The summed E-state index contributed by atoms with van der Waals surface area (Å²) in [5.74, 6) is -0.924. The van der Waals surface area contributed by atoms with Gasteiger partial charge in [0.05, 0.1) is 11.3 Å². The first-order valence-electron chi connectivity index (χ1n) is 5.46. The molecule has 0 saturated heterocycles. The van der Waals surface area contributed by atoms with Crippen LogP contribution in [0, 0.1) is 18.3 Å². The van der Waals surface area contributed by atoms with Gasteiger partial charge in [-0.2, -0.15) is 5.26 Å². The molecule has 1 aromatic carbocycles. The summed E-state index contributed by atoms with van der Waals surface area (Å²) in [5.41, 5.74) is 0.871. The molecule has 0 bridgehead atoms. The molecular weight excluding hydrogens is 216 g/mol. The smallest absolute Gasteiger partial charge is 0.329 e. The van der Waals surface area contributed by atoms with E-state index < -0.39 is 11.5 Å². The van der Waals surface area contributed by atoms with E-state index in [2.05, 4.69) is 11.4 Å². The highest BCUT2D eigenvalue weighted by Gasteiger charge is 2.31. The molecule has 0 saturated carbocycles. The first-order valence-corrected chi connectivity index (χ1v) is 5.46. The number of carboxylic acid groups (broad SMARTS) is 1. The summed E-state index contributed by atoms with van der Waals surface area (Å²) in [6.45, 7) is 5.26. The summed E-state index contributed by atoms with van der Waals surface area (Å²) in [6, 6.07) is 7.37. The van der Waals surface area contributed by atoms with Crippen molar-refractivity contribution in [3.05, 3.63) is 29.3 Å². The lowest BCUT2D eigenvalue weighted by Crippen LogP contribution is -2.43. The van der Waals surface area contributed by atoms with Gasteiger partial charge >= 0.3 is 5.97 Å². The van der Waals surface area contributed by atoms with Crippen molar-refractivity contribution in [2.45, 2.75) is 32.7 Å². The number of carbonyl (C=O) groups is 1. The SMILES string of the molecule is CCC(C)(Nc1c(C)cccc1C#N)C(=O)O. The van der Waals surface area contributed by atoms with Crippen molar-refractivity contribution in [1.82, 2.24) is 0 Å². The monoisotopic (exact) mass is 232 g/mol. The zero-order valence-corrected chi connectivity index (χ0v) is 10.2. The summed E-state index contributed by atoms with van der Waals surface area (Å²) in [5, 5.41) is 21.2. The van der Waals surface area contributed by atoms with Gasteiger partial charge in [-0.1, -0.05) is 19.1 Å². The van der Waals surface area contributed by atoms with E-state index in [0.717, 1.165) is 5.56 Å². The van der Waals surface area contributed by atoms with Crippen molar-refractivity contribution in [2.75, 3.05) is 5.32 Å². The quantitative estimate of drug-likeness (QED) is 0.836. The van der Waals surface area contributed by atoms with Crippen molar-refractivity contribution in [3.63, 3.8) is 0 Å². The fraction of sp³-hybridized carbons (Fsp3) is 0.385. The van der Waals surface area contributed by atoms with Gasteiger partial charge in [0, 0.05) is 0 Å². The van der Waals surface area contributed by atoms with Gasteiger partial charge in [0.25, 0.3) is 0 Å². The molecule has 0 radical (unpaired) electrons. The number of aliphatic carboxylic acids is 1. The molecule has 4 heteroatoms. The number of anilines is 1. The average Bonchev–Trinajstić information content (AvgIpc) is 2.31. The van der Waals surface area contributed by atoms with Crippen LogP contribution in [0.1, 0.15) is 31.4 Å². The van der Waals surface area contributed by atoms with Crippen molar-refractivity contribution in [2.24, 2.45) is 0 Å². The molecule has 1 atom stereocenters. The van der Waals surface area contributed by atoms with Gasteiger partial charge < -0.3 is 10.4 Å². The highest BCUT2D eigenvalue weighted by Crippen LogP contribution is 2.25. The predicted molar refractivity (Wildman–Crippen MR) is 65.8 cm³/mol.